The number of aromatic carboxylic acids is 1. The highest BCUT2D eigenvalue weighted by atomic mass is 35.5. The lowest BCUT2D eigenvalue weighted by Crippen LogP contribution is -2.44. The molecule has 2 unspecified atom stereocenters. The second kappa shape index (κ2) is 11.1. The van der Waals surface area contributed by atoms with Crippen molar-refractivity contribution < 1.29 is 29.3 Å². The number of rotatable bonds is 6. The molecule has 1 aliphatic heterocycles. The Morgan fingerprint density at radius 1 is 1.00 bits per heavy atom. The fourth-order valence-corrected chi connectivity index (χ4v) is 5.59. The molecule has 1 aliphatic rings. The van der Waals surface area contributed by atoms with Crippen LogP contribution in [0.3, 0.4) is 0 Å². The van der Waals surface area contributed by atoms with Crippen molar-refractivity contribution in [3.05, 3.63) is 100 Å². The normalized spacial score (nSPS) is 17.1. The van der Waals surface area contributed by atoms with Gasteiger partial charge in [-0.2, -0.15) is 0 Å². The molecule has 0 spiro atoms. The van der Waals surface area contributed by atoms with Crippen molar-refractivity contribution in [3.8, 4) is 5.75 Å². The first-order chi connectivity index (χ1) is 19.9. The number of halogens is 1. The van der Waals surface area contributed by atoms with E-state index in [2.05, 4.69) is 0 Å². The van der Waals surface area contributed by atoms with Crippen molar-refractivity contribution >= 4 is 51.4 Å². The van der Waals surface area contributed by atoms with Crippen LogP contribution in [0.25, 0.3) is 10.8 Å². The number of hydrogen-bond acceptors (Lipinski definition) is 6. The Kier molecular flexibility index (Phi) is 7.70. The van der Waals surface area contributed by atoms with Gasteiger partial charge >= 0.3 is 5.97 Å². The van der Waals surface area contributed by atoms with E-state index in [-0.39, 0.29) is 16.7 Å². The van der Waals surface area contributed by atoms with Crippen molar-refractivity contribution in [2.75, 3.05) is 17.2 Å². The molecule has 0 aromatic heterocycles. The lowest BCUT2D eigenvalue weighted by Gasteiger charge is -2.31. The second-order valence-corrected chi connectivity index (χ2v) is 12.1. The number of ether oxygens (including phenoxy) is 1. The molecule has 8 nitrogen and oxygen atoms in total. The summed E-state index contributed by atoms with van der Waals surface area (Å²) in [5.41, 5.74) is 6.83. The SMILES string of the molecule is CC(C)(C)CN1C(=O)C(CC(=O)c2c(N)ccc(C(=O)O)c2O)OC(c2cccc3ccccc23)c2cc(Cl)ccc21. The summed E-state index contributed by atoms with van der Waals surface area (Å²) in [6.45, 7) is 6.32. The monoisotopic (exact) mass is 586 g/mol. The molecule has 4 aromatic carbocycles. The number of Topliss-reactive ketones (excluding diaryl/α,β-unsaturated/α-hetero) is 1. The van der Waals surface area contributed by atoms with Crippen molar-refractivity contribution in [2.45, 2.75) is 39.4 Å². The average Bonchev–Trinajstić information content (AvgIpc) is 3.02. The Morgan fingerprint density at radius 3 is 2.43 bits per heavy atom. The van der Waals surface area contributed by atoms with Crippen molar-refractivity contribution in [1.82, 2.24) is 0 Å². The minimum absolute atomic E-state index is 0.101. The zero-order valence-corrected chi connectivity index (χ0v) is 24.2. The van der Waals surface area contributed by atoms with Crippen molar-refractivity contribution in [3.63, 3.8) is 0 Å². The summed E-state index contributed by atoms with van der Waals surface area (Å²) < 4.78 is 6.58. The summed E-state index contributed by atoms with van der Waals surface area (Å²) in [7, 11) is 0. The lowest BCUT2D eigenvalue weighted by molar-refractivity contribution is -0.132. The molecule has 42 heavy (non-hydrogen) atoms. The third-order valence-corrected chi connectivity index (χ3v) is 7.47. The molecule has 0 aliphatic carbocycles. The van der Waals surface area contributed by atoms with Crippen LogP contribution in [0.4, 0.5) is 11.4 Å². The molecule has 0 saturated carbocycles. The molecule has 0 saturated heterocycles. The number of phenols is 1. The van der Waals surface area contributed by atoms with Gasteiger partial charge in [-0.05, 0) is 52.1 Å². The summed E-state index contributed by atoms with van der Waals surface area (Å²) in [5, 5.41) is 22.5. The number of nitrogens with two attached hydrogens (primary N) is 1. The molecule has 1 heterocycles. The van der Waals surface area contributed by atoms with Gasteiger partial charge in [0.1, 0.15) is 23.5 Å². The van der Waals surface area contributed by atoms with Crippen LogP contribution in [0, 0.1) is 5.41 Å². The molecule has 0 bridgehead atoms. The predicted octanol–water partition coefficient (Wildman–Crippen LogP) is 6.62. The Bertz CT molecular complexity index is 1720. The number of carbonyl (C=O) groups is 3. The number of carboxylic acid groups (broad SMARTS) is 1. The van der Waals surface area contributed by atoms with Gasteiger partial charge in [0.15, 0.2) is 5.78 Å². The van der Waals surface area contributed by atoms with E-state index in [1.54, 1.807) is 23.1 Å². The Balaban J connectivity index is 1.67. The topological polar surface area (TPSA) is 130 Å². The van der Waals surface area contributed by atoms with E-state index in [1.807, 2.05) is 63.2 Å². The summed E-state index contributed by atoms with van der Waals surface area (Å²) >= 11 is 6.49. The molecule has 9 heteroatoms. The van der Waals surface area contributed by atoms with Crippen LogP contribution in [0.15, 0.2) is 72.8 Å². The van der Waals surface area contributed by atoms with E-state index in [0.29, 0.717) is 22.8 Å². The standard InChI is InChI=1S/C33H31ClN2O6/c1-33(2,3)17-36-25-14-11-19(34)15-23(25)30(21-10-6-8-18-7-4-5-9-20(18)21)42-27(31(36)39)16-26(37)28-24(35)13-12-22(29(28)38)32(40)41/h4-15,27,30,38H,16-17,35H2,1-3H3,(H,40,41). The number of carboxylic acids is 1. The minimum atomic E-state index is -1.41. The van der Waals surface area contributed by atoms with Crippen LogP contribution >= 0.6 is 11.6 Å². The van der Waals surface area contributed by atoms with Gasteiger partial charge in [0.05, 0.1) is 5.56 Å². The summed E-state index contributed by atoms with van der Waals surface area (Å²) in [4.78, 5) is 41.1. The van der Waals surface area contributed by atoms with E-state index in [1.165, 1.54) is 6.07 Å². The number of nitrogens with zero attached hydrogens (tertiary/aromatic N) is 1. The first kappa shape index (κ1) is 29.1. The highest BCUT2D eigenvalue weighted by Crippen LogP contribution is 2.43. The molecule has 5 rings (SSSR count). The number of nitrogen functional groups attached to an aromatic ring is 1. The smallest absolute Gasteiger partial charge is 0.339 e. The van der Waals surface area contributed by atoms with E-state index in [4.69, 9.17) is 22.1 Å². The summed E-state index contributed by atoms with van der Waals surface area (Å²) in [6.07, 6.45) is -2.56. The lowest BCUT2D eigenvalue weighted by atomic mass is 9.93. The molecular formula is C33H31ClN2O6. The van der Waals surface area contributed by atoms with Gasteiger partial charge in [-0.15, -0.1) is 0 Å². The number of ketones is 1. The highest BCUT2D eigenvalue weighted by Gasteiger charge is 2.40. The number of amides is 1. The fourth-order valence-electron chi connectivity index (χ4n) is 5.41. The minimum Gasteiger partial charge on any atom is -0.506 e. The molecule has 1 amide bonds. The molecule has 0 radical (unpaired) electrons. The van der Waals surface area contributed by atoms with Crippen molar-refractivity contribution in [1.29, 1.82) is 0 Å². The van der Waals surface area contributed by atoms with Gasteiger partial charge in [0.25, 0.3) is 5.91 Å². The van der Waals surface area contributed by atoms with Gasteiger partial charge in [-0.3, -0.25) is 9.59 Å². The Hall–Kier alpha value is -4.40. The average molecular weight is 587 g/mol. The zero-order valence-electron chi connectivity index (χ0n) is 23.4. The van der Waals surface area contributed by atoms with Crippen LogP contribution in [0.1, 0.15) is 65.1 Å². The Morgan fingerprint density at radius 2 is 1.71 bits per heavy atom. The Labute approximate surface area is 248 Å². The van der Waals surface area contributed by atoms with Crippen LogP contribution in [-0.2, 0) is 9.53 Å². The first-order valence-electron chi connectivity index (χ1n) is 13.5. The quantitative estimate of drug-likeness (QED) is 0.171. The molecule has 2 atom stereocenters. The van der Waals surface area contributed by atoms with Crippen LogP contribution in [-0.4, -0.2) is 40.5 Å². The van der Waals surface area contributed by atoms with Gasteiger partial charge in [-0.25, -0.2) is 4.79 Å². The van der Waals surface area contributed by atoms with Crippen LogP contribution in [0.5, 0.6) is 5.75 Å². The van der Waals surface area contributed by atoms with E-state index in [0.717, 1.165) is 22.4 Å². The number of carbonyl (C=O) groups excluding carboxylic acids is 2. The van der Waals surface area contributed by atoms with Gasteiger partial charge in [-0.1, -0.05) is 74.8 Å². The van der Waals surface area contributed by atoms with Crippen molar-refractivity contribution in [2.24, 2.45) is 5.41 Å². The third kappa shape index (κ3) is 5.55. The number of fused-ring (bicyclic) bond motifs is 2. The molecular weight excluding hydrogens is 556 g/mol. The van der Waals surface area contributed by atoms with Crippen LogP contribution < -0.4 is 10.6 Å². The number of anilines is 2. The maximum Gasteiger partial charge on any atom is 0.339 e. The number of aromatic hydroxyl groups is 1. The molecule has 0 fully saturated rings. The predicted molar refractivity (Wildman–Crippen MR) is 162 cm³/mol. The largest absolute Gasteiger partial charge is 0.506 e. The number of hydrogen-bond donors (Lipinski definition) is 3. The fraction of sp³-hybridized carbons (Fsp3) is 0.242. The van der Waals surface area contributed by atoms with Gasteiger partial charge in [0.2, 0.25) is 0 Å². The van der Waals surface area contributed by atoms with E-state index >= 15 is 0 Å². The first-order valence-corrected chi connectivity index (χ1v) is 13.9. The molecule has 216 valence electrons. The van der Waals surface area contributed by atoms with Gasteiger partial charge in [0, 0.05) is 34.9 Å². The van der Waals surface area contributed by atoms with E-state index < -0.39 is 47.6 Å². The summed E-state index contributed by atoms with van der Waals surface area (Å²) in [6, 6.07) is 21.2. The second-order valence-electron chi connectivity index (χ2n) is 11.6. The van der Waals surface area contributed by atoms with Gasteiger partial charge < -0.3 is 25.6 Å². The van der Waals surface area contributed by atoms with E-state index in [9.17, 15) is 24.6 Å². The summed E-state index contributed by atoms with van der Waals surface area (Å²) in [5.74, 6) is -3.33. The maximum atomic E-state index is 14.3. The number of benzene rings is 4. The molecule has 4 aromatic rings. The third-order valence-electron chi connectivity index (χ3n) is 7.23. The van der Waals surface area contributed by atoms with Crippen LogP contribution in [0.2, 0.25) is 5.02 Å². The molecule has 4 N–H and O–H groups in total. The maximum absolute atomic E-state index is 14.3. The highest BCUT2D eigenvalue weighted by molar-refractivity contribution is 6.30. The zero-order chi connectivity index (χ0) is 30.3.